The molecular weight excluding hydrogens is 364 g/mol. The monoisotopic (exact) mass is 396 g/mol. The van der Waals surface area contributed by atoms with Crippen molar-refractivity contribution >= 4 is 11.7 Å². The van der Waals surface area contributed by atoms with E-state index in [1.165, 1.54) is 0 Å². The van der Waals surface area contributed by atoms with Gasteiger partial charge in [0.15, 0.2) is 5.78 Å². The van der Waals surface area contributed by atoms with E-state index in [1.54, 1.807) is 11.9 Å². The third-order valence-corrected chi connectivity index (χ3v) is 4.74. The summed E-state index contributed by atoms with van der Waals surface area (Å²) >= 11 is 0. The summed E-state index contributed by atoms with van der Waals surface area (Å²) in [6.45, 7) is 5.25. The van der Waals surface area contributed by atoms with Gasteiger partial charge in [0, 0.05) is 32.2 Å². The van der Waals surface area contributed by atoms with Crippen molar-refractivity contribution in [2.75, 3.05) is 20.2 Å². The SMILES string of the molecule is CC(C)OCCCCC(=O)c1ccc(-c2cccc(CN(C)C(=O)CN)c2)cc1. The molecule has 0 atom stereocenters. The van der Waals surface area contributed by atoms with Gasteiger partial charge < -0.3 is 15.4 Å². The first kappa shape index (κ1) is 22.8. The largest absolute Gasteiger partial charge is 0.379 e. The van der Waals surface area contributed by atoms with E-state index in [0.717, 1.165) is 35.1 Å². The molecule has 0 spiro atoms. The highest BCUT2D eigenvalue weighted by Gasteiger charge is 2.09. The van der Waals surface area contributed by atoms with Crippen molar-refractivity contribution in [3.8, 4) is 11.1 Å². The lowest BCUT2D eigenvalue weighted by molar-refractivity contribution is -0.128. The number of Topliss-reactive ketones (excluding diaryl/α,β-unsaturated/α-hetero) is 1. The summed E-state index contributed by atoms with van der Waals surface area (Å²) in [5.74, 6) is 0.0748. The van der Waals surface area contributed by atoms with Crippen LogP contribution >= 0.6 is 0 Å². The molecule has 5 nitrogen and oxygen atoms in total. The number of ketones is 1. The number of benzene rings is 2. The van der Waals surface area contributed by atoms with Gasteiger partial charge in [0.25, 0.3) is 0 Å². The molecule has 0 unspecified atom stereocenters. The van der Waals surface area contributed by atoms with Crippen LogP contribution in [0.15, 0.2) is 48.5 Å². The second-order valence-corrected chi connectivity index (χ2v) is 7.53. The van der Waals surface area contributed by atoms with E-state index in [4.69, 9.17) is 10.5 Å². The van der Waals surface area contributed by atoms with Gasteiger partial charge in [-0.1, -0.05) is 42.5 Å². The molecule has 0 heterocycles. The van der Waals surface area contributed by atoms with E-state index in [0.29, 0.717) is 19.6 Å². The molecule has 156 valence electrons. The van der Waals surface area contributed by atoms with Crippen molar-refractivity contribution in [2.45, 2.75) is 45.8 Å². The lowest BCUT2D eigenvalue weighted by Crippen LogP contribution is -2.32. The average molecular weight is 397 g/mol. The molecule has 0 aromatic heterocycles. The van der Waals surface area contributed by atoms with Crippen molar-refractivity contribution in [1.29, 1.82) is 0 Å². The number of ether oxygens (including phenoxy) is 1. The zero-order chi connectivity index (χ0) is 21.2. The highest BCUT2D eigenvalue weighted by Crippen LogP contribution is 2.22. The van der Waals surface area contributed by atoms with E-state index < -0.39 is 0 Å². The average Bonchev–Trinajstić information content (AvgIpc) is 2.72. The Morgan fingerprint density at radius 3 is 2.41 bits per heavy atom. The zero-order valence-electron chi connectivity index (χ0n) is 17.7. The van der Waals surface area contributed by atoms with Gasteiger partial charge in [-0.15, -0.1) is 0 Å². The normalized spacial score (nSPS) is 10.9. The maximum absolute atomic E-state index is 12.4. The van der Waals surface area contributed by atoms with Crippen LogP contribution in [-0.2, 0) is 16.1 Å². The molecule has 5 heteroatoms. The number of hydrogen-bond donors (Lipinski definition) is 1. The summed E-state index contributed by atoms with van der Waals surface area (Å²) in [6, 6.07) is 15.8. The molecular formula is C24H32N2O3. The van der Waals surface area contributed by atoms with Crippen LogP contribution in [0.25, 0.3) is 11.1 Å². The summed E-state index contributed by atoms with van der Waals surface area (Å²) in [7, 11) is 1.75. The van der Waals surface area contributed by atoms with Gasteiger partial charge in [-0.25, -0.2) is 0 Å². The Balaban J connectivity index is 1.95. The molecule has 2 aromatic carbocycles. The van der Waals surface area contributed by atoms with Crippen molar-refractivity contribution < 1.29 is 14.3 Å². The first-order chi connectivity index (χ1) is 13.9. The predicted molar refractivity (Wildman–Crippen MR) is 117 cm³/mol. The molecule has 1 amide bonds. The fourth-order valence-corrected chi connectivity index (χ4v) is 3.07. The number of likely N-dealkylation sites (N-methyl/N-ethyl adjacent to an activating group) is 1. The number of carbonyl (C=O) groups excluding carboxylic acids is 2. The Kier molecular flexibility index (Phi) is 9.03. The van der Waals surface area contributed by atoms with Crippen LogP contribution in [0, 0.1) is 0 Å². The van der Waals surface area contributed by atoms with Crippen molar-refractivity contribution in [2.24, 2.45) is 5.73 Å². The van der Waals surface area contributed by atoms with Gasteiger partial charge in [-0.05, 0) is 49.4 Å². The number of hydrogen-bond acceptors (Lipinski definition) is 4. The maximum atomic E-state index is 12.4. The Bertz CT molecular complexity index is 800. The van der Waals surface area contributed by atoms with Gasteiger partial charge >= 0.3 is 0 Å². The number of carbonyl (C=O) groups is 2. The molecule has 0 aliphatic rings. The summed E-state index contributed by atoms with van der Waals surface area (Å²) < 4.78 is 5.51. The second kappa shape index (κ2) is 11.5. The summed E-state index contributed by atoms with van der Waals surface area (Å²) in [5, 5.41) is 0. The molecule has 0 saturated carbocycles. The summed E-state index contributed by atoms with van der Waals surface area (Å²) in [6.07, 6.45) is 2.51. The minimum atomic E-state index is -0.0889. The smallest absolute Gasteiger partial charge is 0.236 e. The molecule has 0 aliphatic heterocycles. The molecule has 0 aliphatic carbocycles. The van der Waals surface area contributed by atoms with E-state index in [1.807, 2.05) is 56.3 Å². The van der Waals surface area contributed by atoms with Gasteiger partial charge in [-0.3, -0.25) is 9.59 Å². The van der Waals surface area contributed by atoms with Crippen molar-refractivity contribution in [1.82, 2.24) is 4.90 Å². The molecule has 0 fully saturated rings. The van der Waals surface area contributed by atoms with Crippen LogP contribution in [0.3, 0.4) is 0 Å². The van der Waals surface area contributed by atoms with Crippen LogP contribution in [-0.4, -0.2) is 42.9 Å². The highest BCUT2D eigenvalue weighted by atomic mass is 16.5. The van der Waals surface area contributed by atoms with Crippen molar-refractivity contribution in [3.63, 3.8) is 0 Å². The molecule has 0 bridgehead atoms. The summed E-state index contributed by atoms with van der Waals surface area (Å²) in [4.78, 5) is 25.7. The van der Waals surface area contributed by atoms with Crippen LogP contribution < -0.4 is 5.73 Å². The Hall–Kier alpha value is -2.50. The molecule has 2 N–H and O–H groups in total. The number of rotatable bonds is 11. The lowest BCUT2D eigenvalue weighted by Gasteiger charge is -2.16. The lowest BCUT2D eigenvalue weighted by atomic mass is 9.99. The fraction of sp³-hybridized carbons (Fsp3) is 0.417. The standard InChI is InChI=1S/C24H32N2O3/c1-18(2)29-14-5-4-9-23(27)21-12-10-20(11-13-21)22-8-6-7-19(15-22)17-26(3)24(28)16-25/h6-8,10-13,15,18H,4-5,9,14,16-17,25H2,1-3H3. The quantitative estimate of drug-likeness (QED) is 0.459. The van der Waals surface area contributed by atoms with Crippen molar-refractivity contribution in [3.05, 3.63) is 59.7 Å². The molecule has 0 radical (unpaired) electrons. The Morgan fingerprint density at radius 2 is 1.76 bits per heavy atom. The van der Waals surface area contributed by atoms with E-state index in [-0.39, 0.29) is 24.3 Å². The topological polar surface area (TPSA) is 72.6 Å². The minimum Gasteiger partial charge on any atom is -0.379 e. The van der Waals surface area contributed by atoms with E-state index >= 15 is 0 Å². The van der Waals surface area contributed by atoms with Crippen LogP contribution in [0.1, 0.15) is 49.0 Å². The first-order valence-corrected chi connectivity index (χ1v) is 10.2. The first-order valence-electron chi connectivity index (χ1n) is 10.2. The molecule has 2 rings (SSSR count). The zero-order valence-corrected chi connectivity index (χ0v) is 17.7. The minimum absolute atomic E-state index is 0.0103. The summed E-state index contributed by atoms with van der Waals surface area (Å²) in [5.41, 5.74) is 9.29. The number of amides is 1. The van der Waals surface area contributed by atoms with Gasteiger partial charge in [0.2, 0.25) is 5.91 Å². The number of nitrogens with two attached hydrogens (primary N) is 1. The fourth-order valence-electron chi connectivity index (χ4n) is 3.07. The van der Waals surface area contributed by atoms with E-state index in [9.17, 15) is 9.59 Å². The number of unbranched alkanes of at least 4 members (excludes halogenated alkanes) is 1. The van der Waals surface area contributed by atoms with Gasteiger partial charge in [0.1, 0.15) is 0 Å². The molecule has 0 saturated heterocycles. The third-order valence-electron chi connectivity index (χ3n) is 4.74. The predicted octanol–water partition coefficient (Wildman–Crippen LogP) is 4.05. The third kappa shape index (κ3) is 7.44. The molecule has 29 heavy (non-hydrogen) atoms. The molecule has 2 aromatic rings. The van der Waals surface area contributed by atoms with Gasteiger partial charge in [0.05, 0.1) is 12.6 Å². The van der Waals surface area contributed by atoms with E-state index in [2.05, 4.69) is 6.07 Å². The van der Waals surface area contributed by atoms with Gasteiger partial charge in [-0.2, -0.15) is 0 Å². The number of nitrogens with zero attached hydrogens (tertiary/aromatic N) is 1. The van der Waals surface area contributed by atoms with Crippen LogP contribution in [0.4, 0.5) is 0 Å². The Labute approximate surface area is 173 Å². The van der Waals surface area contributed by atoms with Crippen LogP contribution in [0.5, 0.6) is 0 Å². The highest BCUT2D eigenvalue weighted by molar-refractivity contribution is 5.96. The second-order valence-electron chi connectivity index (χ2n) is 7.53. The van der Waals surface area contributed by atoms with Crippen LogP contribution in [0.2, 0.25) is 0 Å². The Morgan fingerprint density at radius 1 is 1.03 bits per heavy atom. The maximum Gasteiger partial charge on any atom is 0.236 e.